The minimum absolute atomic E-state index is 0.00806. The van der Waals surface area contributed by atoms with E-state index in [2.05, 4.69) is 4.98 Å². The summed E-state index contributed by atoms with van der Waals surface area (Å²) in [5.74, 6) is -5.65. The molecular formula is C31H25ClF3N3O6. The molecule has 3 aliphatic carbocycles. The van der Waals surface area contributed by atoms with Gasteiger partial charge in [-0.1, -0.05) is 29.3 Å². The van der Waals surface area contributed by atoms with Gasteiger partial charge in [-0.05, 0) is 50.0 Å². The number of hydrogen-bond acceptors (Lipinski definition) is 8. The van der Waals surface area contributed by atoms with E-state index in [9.17, 15) is 37.5 Å². The fourth-order valence-corrected chi connectivity index (χ4v) is 7.09. The predicted octanol–water partition coefficient (Wildman–Crippen LogP) is 4.95. The largest absolute Gasteiger partial charge is 0.508 e. The van der Waals surface area contributed by atoms with Gasteiger partial charge in [-0.2, -0.15) is 18.2 Å². The molecule has 2 heterocycles. The summed E-state index contributed by atoms with van der Waals surface area (Å²) in [4.78, 5) is 58.3. The standard InChI is InChI=1S/C31H25ClF3N3O6/c1-13-10-21(40)26-19(27(13)41)12-18-15(24(26)16-5-4-14(39)11-22(16)44-3)6-7-17-25(18)30(43)38(29(17)42)37(2)28-20(32)8-9-23(36-28)31(33,34)35/h4-6,8-11,17-18,24-25,39H,7,12H2,1-3H3. The molecule has 4 atom stereocenters. The van der Waals surface area contributed by atoms with Crippen molar-refractivity contribution < 1.29 is 42.2 Å². The number of carbonyl (C=O) groups is 4. The number of halogens is 4. The first-order valence-corrected chi connectivity index (χ1v) is 14.0. The first-order valence-electron chi connectivity index (χ1n) is 13.7. The average Bonchev–Trinajstić information content (AvgIpc) is 3.23. The fraction of sp³-hybridized carbons (Fsp3) is 0.323. The number of ketones is 2. The van der Waals surface area contributed by atoms with Crippen LogP contribution in [0.5, 0.6) is 11.5 Å². The zero-order valence-corrected chi connectivity index (χ0v) is 24.4. The van der Waals surface area contributed by atoms with Crippen molar-refractivity contribution in [3.8, 4) is 11.5 Å². The van der Waals surface area contributed by atoms with Crippen molar-refractivity contribution in [2.75, 3.05) is 19.2 Å². The molecule has 44 heavy (non-hydrogen) atoms. The number of ether oxygens (including phenoxy) is 1. The highest BCUT2D eigenvalue weighted by Gasteiger charge is 2.58. The third-order valence-corrected chi connectivity index (χ3v) is 9.09. The molecule has 0 saturated carbocycles. The van der Waals surface area contributed by atoms with Crippen molar-refractivity contribution in [3.05, 3.63) is 81.1 Å². The van der Waals surface area contributed by atoms with E-state index in [0.717, 1.165) is 16.1 Å². The van der Waals surface area contributed by atoms with Crippen LogP contribution in [0.25, 0.3) is 0 Å². The van der Waals surface area contributed by atoms with Gasteiger partial charge in [-0.15, -0.1) is 0 Å². The zero-order chi connectivity index (χ0) is 31.8. The Labute approximate surface area is 254 Å². The Hall–Kier alpha value is -4.45. The number of nitrogens with zero attached hydrogens (tertiary/aromatic N) is 3. The van der Waals surface area contributed by atoms with Gasteiger partial charge < -0.3 is 9.84 Å². The topological polar surface area (TPSA) is 117 Å². The van der Waals surface area contributed by atoms with E-state index >= 15 is 0 Å². The Balaban J connectivity index is 1.45. The van der Waals surface area contributed by atoms with E-state index in [1.807, 2.05) is 0 Å². The third-order valence-electron chi connectivity index (χ3n) is 8.79. The number of allylic oxidation sites excluding steroid dienone is 6. The molecule has 0 spiro atoms. The van der Waals surface area contributed by atoms with E-state index in [0.29, 0.717) is 17.2 Å². The van der Waals surface area contributed by atoms with Gasteiger partial charge in [0.1, 0.15) is 17.2 Å². The quantitative estimate of drug-likeness (QED) is 0.288. The van der Waals surface area contributed by atoms with Gasteiger partial charge in [-0.3, -0.25) is 24.2 Å². The molecule has 0 radical (unpaired) electrons. The molecule has 0 bridgehead atoms. The number of aromatic hydroxyl groups is 1. The Kier molecular flexibility index (Phi) is 6.95. The third kappa shape index (κ3) is 4.42. The summed E-state index contributed by atoms with van der Waals surface area (Å²) >= 11 is 6.18. The highest BCUT2D eigenvalue weighted by atomic mass is 35.5. The number of pyridine rings is 1. The van der Waals surface area contributed by atoms with Crippen molar-refractivity contribution in [3.63, 3.8) is 0 Å². The number of amides is 2. The summed E-state index contributed by atoms with van der Waals surface area (Å²) in [6.07, 6.45) is -1.61. The molecule has 6 rings (SSSR count). The smallest absolute Gasteiger partial charge is 0.433 e. The van der Waals surface area contributed by atoms with Crippen LogP contribution in [0.15, 0.2) is 64.8 Å². The molecule has 1 saturated heterocycles. The second-order valence-corrected chi connectivity index (χ2v) is 11.6. The van der Waals surface area contributed by atoms with Crippen LogP contribution in [-0.4, -0.2) is 52.6 Å². The van der Waals surface area contributed by atoms with E-state index < -0.39 is 53.2 Å². The SMILES string of the molecule is COc1cc(O)ccc1C1C2=CCC3C(=O)N(N(C)c4nc(C(F)(F)F)ccc4Cl)C(=O)C3C2CC2=C1C(=O)C=C(C)C2=O. The highest BCUT2D eigenvalue weighted by Crippen LogP contribution is 2.56. The second kappa shape index (κ2) is 10.3. The molecule has 1 aromatic carbocycles. The zero-order valence-electron chi connectivity index (χ0n) is 23.6. The molecule has 228 valence electrons. The molecule has 13 heteroatoms. The van der Waals surface area contributed by atoms with Crippen LogP contribution in [0.2, 0.25) is 5.02 Å². The van der Waals surface area contributed by atoms with Crippen molar-refractivity contribution in [1.29, 1.82) is 0 Å². The first-order chi connectivity index (χ1) is 20.7. The van der Waals surface area contributed by atoms with Crippen LogP contribution in [0.1, 0.15) is 36.9 Å². The van der Waals surface area contributed by atoms with Crippen LogP contribution < -0.4 is 9.75 Å². The number of methoxy groups -OCH3 is 1. The van der Waals surface area contributed by atoms with Gasteiger partial charge in [0, 0.05) is 41.3 Å². The summed E-state index contributed by atoms with van der Waals surface area (Å²) in [6, 6.07) is 6.09. The second-order valence-electron chi connectivity index (χ2n) is 11.2. The maximum absolute atomic E-state index is 14.1. The van der Waals surface area contributed by atoms with Crippen molar-refractivity contribution in [2.45, 2.75) is 31.9 Å². The number of alkyl halides is 3. The van der Waals surface area contributed by atoms with E-state index in [4.69, 9.17) is 16.3 Å². The fourth-order valence-electron chi connectivity index (χ4n) is 6.87. The van der Waals surface area contributed by atoms with Crippen LogP contribution in [0.3, 0.4) is 0 Å². The number of anilines is 1. The molecule has 4 unspecified atom stereocenters. The number of imide groups is 1. The molecule has 2 aromatic rings. The Morgan fingerprint density at radius 2 is 1.82 bits per heavy atom. The number of Topliss-reactive ketones (excluding diaryl/α,β-unsaturated/α-hetero) is 1. The summed E-state index contributed by atoms with van der Waals surface area (Å²) in [6.45, 7) is 1.53. The number of phenolic OH excluding ortho intramolecular Hbond substituents is 1. The van der Waals surface area contributed by atoms with Crippen molar-refractivity contribution in [2.24, 2.45) is 17.8 Å². The number of rotatable bonds is 4. The molecule has 9 nitrogen and oxygen atoms in total. The van der Waals surface area contributed by atoms with E-state index in [1.54, 1.807) is 12.1 Å². The Morgan fingerprint density at radius 3 is 2.50 bits per heavy atom. The number of hydrogen-bond donors (Lipinski definition) is 1. The van der Waals surface area contributed by atoms with Crippen molar-refractivity contribution >= 4 is 40.8 Å². The lowest BCUT2D eigenvalue weighted by Gasteiger charge is -2.42. The first kappa shape index (κ1) is 29.6. The van der Waals surface area contributed by atoms with Gasteiger partial charge >= 0.3 is 6.18 Å². The lowest BCUT2D eigenvalue weighted by atomic mass is 9.59. The molecular weight excluding hydrogens is 603 g/mol. The minimum Gasteiger partial charge on any atom is -0.508 e. The number of fused-ring (bicyclic) bond motifs is 3. The maximum atomic E-state index is 14.1. The summed E-state index contributed by atoms with van der Waals surface area (Å²) in [5.41, 5.74) is 0.607. The Morgan fingerprint density at radius 1 is 1.09 bits per heavy atom. The molecule has 1 fully saturated rings. The molecule has 1 aromatic heterocycles. The lowest BCUT2D eigenvalue weighted by Crippen LogP contribution is -2.46. The number of aromatic nitrogens is 1. The van der Waals surface area contributed by atoms with E-state index in [-0.39, 0.29) is 57.6 Å². The van der Waals surface area contributed by atoms with Crippen LogP contribution in [0, 0.1) is 17.8 Å². The molecule has 4 aliphatic rings. The molecule has 1 aliphatic heterocycles. The number of benzene rings is 1. The summed E-state index contributed by atoms with van der Waals surface area (Å²) in [5, 5.41) is 11.6. The number of hydrazine groups is 1. The van der Waals surface area contributed by atoms with Gasteiger partial charge in [0.2, 0.25) is 0 Å². The summed E-state index contributed by atoms with van der Waals surface area (Å²) in [7, 11) is 2.63. The molecule has 1 N–H and O–H groups in total. The van der Waals surface area contributed by atoms with Gasteiger partial charge in [0.25, 0.3) is 11.8 Å². The van der Waals surface area contributed by atoms with Crippen LogP contribution >= 0.6 is 11.6 Å². The van der Waals surface area contributed by atoms with Gasteiger partial charge in [-0.25, -0.2) is 4.98 Å². The molecule has 2 amide bonds. The minimum atomic E-state index is -4.79. The van der Waals surface area contributed by atoms with Crippen LogP contribution in [0.4, 0.5) is 19.0 Å². The maximum Gasteiger partial charge on any atom is 0.433 e. The average molecular weight is 628 g/mol. The van der Waals surface area contributed by atoms with Crippen LogP contribution in [-0.2, 0) is 25.4 Å². The Bertz CT molecular complexity index is 1760. The van der Waals surface area contributed by atoms with Gasteiger partial charge in [0.05, 0.1) is 24.0 Å². The highest BCUT2D eigenvalue weighted by molar-refractivity contribution is 6.33. The van der Waals surface area contributed by atoms with Gasteiger partial charge in [0.15, 0.2) is 17.4 Å². The lowest BCUT2D eigenvalue weighted by molar-refractivity contribution is -0.141. The number of phenols is 1. The monoisotopic (exact) mass is 627 g/mol. The summed E-state index contributed by atoms with van der Waals surface area (Å²) < 4.78 is 45.8. The van der Waals surface area contributed by atoms with Crippen molar-refractivity contribution in [1.82, 2.24) is 9.99 Å². The van der Waals surface area contributed by atoms with E-state index in [1.165, 1.54) is 39.3 Å². The number of carbonyl (C=O) groups excluding carboxylic acids is 4. The normalized spacial score (nSPS) is 24.9. The predicted molar refractivity (Wildman–Crippen MR) is 150 cm³/mol.